The molecule has 0 saturated heterocycles. The highest BCUT2D eigenvalue weighted by Gasteiger charge is 2.29. The van der Waals surface area contributed by atoms with Crippen molar-refractivity contribution in [2.75, 3.05) is 6.61 Å². The molecule has 0 radical (unpaired) electrons. The van der Waals surface area contributed by atoms with Gasteiger partial charge in [0.05, 0.1) is 0 Å². The van der Waals surface area contributed by atoms with Crippen molar-refractivity contribution in [2.45, 2.75) is 58.0 Å². The van der Waals surface area contributed by atoms with Crippen LogP contribution in [0.2, 0.25) is 0 Å². The van der Waals surface area contributed by atoms with Crippen LogP contribution in [0.3, 0.4) is 0 Å². The third-order valence-corrected chi connectivity index (χ3v) is 4.12. The van der Waals surface area contributed by atoms with Gasteiger partial charge in [-0.15, -0.1) is 0 Å². The summed E-state index contributed by atoms with van der Waals surface area (Å²) in [4.78, 5) is 12.0. The maximum Gasteiger partial charge on any atom is 0.315 e. The van der Waals surface area contributed by atoms with Crippen LogP contribution < -0.4 is 10.6 Å². The molecule has 0 aliphatic carbocycles. The van der Waals surface area contributed by atoms with Gasteiger partial charge in [-0.2, -0.15) is 0 Å². The summed E-state index contributed by atoms with van der Waals surface area (Å²) in [5.74, 6) is 0. The molecule has 3 N–H and O–H groups in total. The van der Waals surface area contributed by atoms with Crippen LogP contribution in [0.1, 0.15) is 46.1 Å². The molecule has 1 aromatic carbocycles. The highest BCUT2D eigenvalue weighted by molar-refractivity contribution is 5.74. The Hall–Kier alpha value is -1.55. The Morgan fingerprint density at radius 1 is 1.19 bits per heavy atom. The zero-order valence-electron chi connectivity index (χ0n) is 13.5. The van der Waals surface area contributed by atoms with Crippen LogP contribution in [0.5, 0.6) is 0 Å². The summed E-state index contributed by atoms with van der Waals surface area (Å²) < 4.78 is 0. The van der Waals surface area contributed by atoms with Gasteiger partial charge in [0.1, 0.15) is 0 Å². The molecule has 1 aromatic rings. The fraction of sp³-hybridized carbons (Fsp3) is 0.588. The van der Waals surface area contributed by atoms with Gasteiger partial charge in [0, 0.05) is 24.1 Å². The van der Waals surface area contributed by atoms with Gasteiger partial charge in [-0.05, 0) is 32.3 Å². The molecule has 0 aliphatic rings. The van der Waals surface area contributed by atoms with Gasteiger partial charge < -0.3 is 15.7 Å². The van der Waals surface area contributed by atoms with Crippen molar-refractivity contribution in [3.63, 3.8) is 0 Å². The molecular formula is C17H28N2O2. The molecule has 0 heterocycles. The summed E-state index contributed by atoms with van der Waals surface area (Å²) in [5.41, 5.74) is 1.05. The first-order valence-corrected chi connectivity index (χ1v) is 7.61. The van der Waals surface area contributed by atoms with Gasteiger partial charge in [-0.1, -0.05) is 44.2 Å². The smallest absolute Gasteiger partial charge is 0.315 e. The number of aliphatic hydroxyl groups excluding tert-OH is 1. The lowest BCUT2D eigenvalue weighted by Gasteiger charge is -2.33. The van der Waals surface area contributed by atoms with Crippen LogP contribution in [0, 0.1) is 0 Å². The predicted molar refractivity (Wildman–Crippen MR) is 86.4 cm³/mol. The van der Waals surface area contributed by atoms with E-state index in [0.29, 0.717) is 6.42 Å². The lowest BCUT2D eigenvalue weighted by atomic mass is 9.78. The van der Waals surface area contributed by atoms with Crippen molar-refractivity contribution in [1.82, 2.24) is 10.6 Å². The molecule has 0 saturated carbocycles. The SMILES string of the molecule is CC(CCCO)NC(=O)NC(C)C(C)(C)c1ccccc1. The number of amides is 2. The quantitative estimate of drug-likeness (QED) is 0.723. The first-order valence-electron chi connectivity index (χ1n) is 7.61. The van der Waals surface area contributed by atoms with E-state index in [4.69, 9.17) is 5.11 Å². The molecule has 4 heteroatoms. The molecule has 4 nitrogen and oxygen atoms in total. The lowest BCUT2D eigenvalue weighted by Crippen LogP contribution is -2.50. The molecule has 0 bridgehead atoms. The maximum absolute atomic E-state index is 12.0. The minimum absolute atomic E-state index is 0.00458. The first kappa shape index (κ1) is 17.5. The molecule has 2 unspecified atom stereocenters. The minimum Gasteiger partial charge on any atom is -0.396 e. The Balaban J connectivity index is 2.55. The topological polar surface area (TPSA) is 61.4 Å². The number of carbonyl (C=O) groups is 1. The second-order valence-electron chi connectivity index (χ2n) is 6.19. The molecule has 0 spiro atoms. The number of benzene rings is 1. The van der Waals surface area contributed by atoms with Gasteiger partial charge in [0.25, 0.3) is 0 Å². The first-order chi connectivity index (χ1) is 9.87. The predicted octanol–water partition coefficient (Wildman–Crippen LogP) is 2.81. The summed E-state index contributed by atoms with van der Waals surface area (Å²) in [6.45, 7) is 8.38. The van der Waals surface area contributed by atoms with E-state index < -0.39 is 0 Å². The van der Waals surface area contributed by atoms with Gasteiger partial charge in [-0.25, -0.2) is 4.79 Å². The average Bonchev–Trinajstić information content (AvgIpc) is 2.45. The van der Waals surface area contributed by atoms with Crippen molar-refractivity contribution < 1.29 is 9.90 Å². The molecule has 2 amide bonds. The highest BCUT2D eigenvalue weighted by Crippen LogP contribution is 2.26. The van der Waals surface area contributed by atoms with E-state index in [9.17, 15) is 4.79 Å². The molecule has 118 valence electrons. The second-order valence-corrected chi connectivity index (χ2v) is 6.19. The van der Waals surface area contributed by atoms with Crippen LogP contribution in [-0.4, -0.2) is 29.8 Å². The monoisotopic (exact) mass is 292 g/mol. The zero-order valence-corrected chi connectivity index (χ0v) is 13.5. The molecule has 21 heavy (non-hydrogen) atoms. The van der Waals surface area contributed by atoms with Gasteiger partial charge in [-0.3, -0.25) is 0 Å². The Morgan fingerprint density at radius 3 is 2.38 bits per heavy atom. The number of rotatable bonds is 7. The zero-order chi connectivity index (χ0) is 15.9. The summed E-state index contributed by atoms with van der Waals surface area (Å²) in [6, 6.07) is 10.1. The normalized spacial score (nSPS) is 14.3. The largest absolute Gasteiger partial charge is 0.396 e. The van der Waals surface area contributed by atoms with Gasteiger partial charge in [0.15, 0.2) is 0 Å². The van der Waals surface area contributed by atoms with Crippen molar-refractivity contribution in [1.29, 1.82) is 0 Å². The van der Waals surface area contributed by atoms with Crippen LogP contribution in [0.25, 0.3) is 0 Å². The summed E-state index contributed by atoms with van der Waals surface area (Å²) >= 11 is 0. The van der Waals surface area contributed by atoms with E-state index in [0.717, 1.165) is 6.42 Å². The van der Waals surface area contributed by atoms with E-state index in [1.807, 2.05) is 32.0 Å². The number of carbonyl (C=O) groups excluding carboxylic acids is 1. The third kappa shape index (κ3) is 5.38. The Morgan fingerprint density at radius 2 is 1.81 bits per heavy atom. The van der Waals surface area contributed by atoms with Crippen LogP contribution in [0.15, 0.2) is 30.3 Å². The lowest BCUT2D eigenvalue weighted by molar-refractivity contribution is 0.225. The third-order valence-electron chi connectivity index (χ3n) is 4.12. The number of hydrogen-bond acceptors (Lipinski definition) is 2. The van der Waals surface area contributed by atoms with Crippen molar-refractivity contribution >= 4 is 6.03 Å². The summed E-state index contributed by atoms with van der Waals surface area (Å²) in [5, 5.41) is 14.7. The second kappa shape index (κ2) is 8.03. The van der Waals surface area contributed by atoms with Crippen LogP contribution >= 0.6 is 0 Å². The molecular weight excluding hydrogens is 264 g/mol. The van der Waals surface area contributed by atoms with E-state index >= 15 is 0 Å². The van der Waals surface area contributed by atoms with E-state index in [1.54, 1.807) is 0 Å². The Kier molecular flexibility index (Phi) is 6.69. The van der Waals surface area contributed by atoms with Crippen molar-refractivity contribution in [3.05, 3.63) is 35.9 Å². The number of nitrogens with one attached hydrogen (secondary N) is 2. The summed E-state index contributed by atoms with van der Waals surface area (Å²) in [6.07, 6.45) is 1.48. The Labute approximate surface area is 128 Å². The van der Waals surface area contributed by atoms with Crippen LogP contribution in [-0.2, 0) is 5.41 Å². The number of aliphatic hydroxyl groups is 1. The van der Waals surface area contributed by atoms with E-state index in [-0.39, 0.29) is 30.1 Å². The summed E-state index contributed by atoms with van der Waals surface area (Å²) in [7, 11) is 0. The highest BCUT2D eigenvalue weighted by atomic mass is 16.3. The molecule has 2 atom stereocenters. The molecule has 0 fully saturated rings. The number of urea groups is 1. The average molecular weight is 292 g/mol. The standard InChI is InChI=1S/C17H28N2O2/c1-13(9-8-12-20)18-16(21)19-14(2)17(3,4)15-10-6-5-7-11-15/h5-7,10-11,13-14,20H,8-9,12H2,1-4H3,(H2,18,19,21). The van der Waals surface area contributed by atoms with Gasteiger partial charge >= 0.3 is 6.03 Å². The maximum atomic E-state index is 12.0. The van der Waals surface area contributed by atoms with Crippen LogP contribution in [0.4, 0.5) is 4.79 Å². The molecule has 0 aromatic heterocycles. The van der Waals surface area contributed by atoms with Gasteiger partial charge in [0.2, 0.25) is 0 Å². The molecule has 0 aliphatic heterocycles. The minimum atomic E-state index is -0.156. The van der Waals surface area contributed by atoms with E-state index in [1.165, 1.54) is 5.56 Å². The fourth-order valence-corrected chi connectivity index (χ4v) is 2.23. The van der Waals surface area contributed by atoms with Crippen molar-refractivity contribution in [2.24, 2.45) is 0 Å². The fourth-order valence-electron chi connectivity index (χ4n) is 2.23. The number of hydrogen-bond donors (Lipinski definition) is 3. The Bertz CT molecular complexity index is 432. The van der Waals surface area contributed by atoms with Crippen molar-refractivity contribution in [3.8, 4) is 0 Å². The molecule has 1 rings (SSSR count). The van der Waals surface area contributed by atoms with E-state index in [2.05, 4.69) is 36.6 Å².